The molecular weight excluding hydrogens is 2150 g/mol. The number of aromatic nitrogens is 7. The van der Waals surface area contributed by atoms with Crippen molar-refractivity contribution >= 4 is 10.8 Å². The fourth-order valence-electron chi connectivity index (χ4n) is 13.6. The number of hydrogen-bond donors (Lipinski definition) is 0. The summed E-state index contributed by atoms with van der Waals surface area (Å²) in [5.41, 5.74) is 30.2. The third-order valence-corrected chi connectivity index (χ3v) is 20.2. The van der Waals surface area contributed by atoms with Gasteiger partial charge >= 0.3 is 0 Å². The van der Waals surface area contributed by atoms with Crippen molar-refractivity contribution in [2.75, 3.05) is 0 Å². The standard InChI is InChI=1S/C35H24N.C34H33N4.C19H18N.C19H16N.4Ir/c1-3-11-26(12-4-1)32-23-33(27-13-5-2-6-14-27)25-34(24-32)30-17-9-15-28(21-30)29-16-10-18-31(22-29)35-19-7-8-20-36-35;1-33(2,3)27-16-12-23(13-17-27)29-20-30(24-14-18-28(19-15-24)34(4,5)6)38-32(37-29)26-21-35-31(36-22-26)25-10-8-7-9-11-25;1-19(2,3)16-10-8-15(9-11-16)18-17-7-5-4-6-14(17)12-13-20-18;1-14-9-10-15(2)18(12-14)16-6-5-7-17(13-16)19-8-3-4-11-20-19;;;;/h1-17,19-25H;7-10,12-22H,1-6H3;4-8,10-13H,1-3H3;3-6,8-13H,1-2H3;;;;/q4*-1;;;;. The smallest absolute Gasteiger partial charge is 0.163 e. The third kappa shape index (κ3) is 22.9. The largest absolute Gasteiger partial charge is 0.305 e. The van der Waals surface area contributed by atoms with Crippen LogP contribution < -0.4 is 0 Å². The second kappa shape index (κ2) is 41.0. The molecule has 118 heavy (non-hydrogen) atoms. The first-order valence-corrected chi connectivity index (χ1v) is 38.8. The second-order valence-electron chi connectivity index (χ2n) is 31.7. The average Bonchev–Trinajstić information content (AvgIpc) is 0.780. The van der Waals surface area contributed by atoms with Crippen molar-refractivity contribution in [2.45, 2.75) is 92.4 Å². The summed E-state index contributed by atoms with van der Waals surface area (Å²) in [5.74, 6) is 1.22. The molecule has 0 aliphatic carbocycles. The molecule has 0 bridgehead atoms. The predicted octanol–water partition coefficient (Wildman–Crippen LogP) is 27.4. The van der Waals surface area contributed by atoms with Gasteiger partial charge in [-0.05, 0) is 168 Å². The molecule has 7 nitrogen and oxygen atoms in total. The predicted molar refractivity (Wildman–Crippen MR) is 474 cm³/mol. The Labute approximate surface area is 751 Å². The summed E-state index contributed by atoms with van der Waals surface area (Å²) >= 11 is 0. The second-order valence-corrected chi connectivity index (χ2v) is 31.7. The van der Waals surface area contributed by atoms with E-state index < -0.39 is 0 Å². The van der Waals surface area contributed by atoms with E-state index in [1.165, 1.54) is 88.7 Å². The molecule has 0 atom stereocenters. The normalized spacial score (nSPS) is 10.9. The van der Waals surface area contributed by atoms with Crippen LogP contribution >= 0.6 is 0 Å². The van der Waals surface area contributed by atoms with Gasteiger partial charge in [0.15, 0.2) is 5.82 Å². The summed E-state index contributed by atoms with van der Waals surface area (Å²) in [6.45, 7) is 24.2. The molecule has 4 radical (unpaired) electrons. The van der Waals surface area contributed by atoms with Crippen molar-refractivity contribution in [2.24, 2.45) is 0 Å². The van der Waals surface area contributed by atoms with E-state index in [2.05, 4.69) is 368 Å². The van der Waals surface area contributed by atoms with E-state index >= 15 is 0 Å². The molecule has 0 amide bonds. The summed E-state index contributed by atoms with van der Waals surface area (Å²) in [6, 6.07) is 125. The van der Waals surface area contributed by atoms with Crippen LogP contribution in [0.2, 0.25) is 0 Å². The topological polar surface area (TPSA) is 90.2 Å². The minimum atomic E-state index is 0. The molecule has 12 aromatic carbocycles. The minimum absolute atomic E-state index is 0. The van der Waals surface area contributed by atoms with E-state index in [4.69, 9.17) is 9.97 Å². The van der Waals surface area contributed by atoms with Crippen LogP contribution in [0.4, 0.5) is 0 Å². The molecule has 0 unspecified atom stereocenters. The van der Waals surface area contributed by atoms with Crippen molar-refractivity contribution in [3.63, 3.8) is 0 Å². The van der Waals surface area contributed by atoms with Crippen LogP contribution in [0.15, 0.2) is 353 Å². The van der Waals surface area contributed by atoms with Crippen LogP contribution in [-0.4, -0.2) is 34.9 Å². The SMILES string of the molecule is CC(C)(C)c1c[c-]c(-c2nccc3ccccc23)cc1.CC(C)(C)c1ccc(-c2cc(-c3ccc(C(C)(C)C)cc3)nc(-c3cnc(-c4[c-]cccc4)nc3)n2)cc1.Cc1ccc(C)c(-c2cc[c-]c(-c3ccccn3)c2)c1.[Ir].[Ir].[Ir].[Ir].[c-]1ccc(-c2cccc(-c3cc(-c4ccccc4)cc(-c4ccccc4)c3)c2)cc1-c1ccccn1. The van der Waals surface area contributed by atoms with Crippen LogP contribution in [0.1, 0.15) is 90.1 Å². The maximum Gasteiger partial charge on any atom is 0.163 e. The van der Waals surface area contributed by atoms with Gasteiger partial charge in [0.05, 0.1) is 22.8 Å². The maximum absolute atomic E-state index is 4.95. The van der Waals surface area contributed by atoms with E-state index in [1.807, 2.05) is 97.5 Å². The number of nitrogens with zero attached hydrogens (tertiary/aromatic N) is 7. The first-order valence-electron chi connectivity index (χ1n) is 38.8. The summed E-state index contributed by atoms with van der Waals surface area (Å²) in [4.78, 5) is 32.5. The van der Waals surface area contributed by atoms with Gasteiger partial charge in [-0.25, -0.2) is 9.97 Å². The zero-order valence-corrected chi connectivity index (χ0v) is 77.5. The van der Waals surface area contributed by atoms with Crippen molar-refractivity contribution in [1.29, 1.82) is 0 Å². The van der Waals surface area contributed by atoms with Gasteiger partial charge in [-0.15, -0.1) is 142 Å². The van der Waals surface area contributed by atoms with E-state index in [9.17, 15) is 0 Å². The van der Waals surface area contributed by atoms with Crippen molar-refractivity contribution < 1.29 is 80.4 Å². The third-order valence-electron chi connectivity index (χ3n) is 20.2. The molecule has 0 N–H and O–H groups in total. The van der Waals surface area contributed by atoms with E-state index in [1.54, 1.807) is 12.4 Å². The average molecular weight is 2240 g/mol. The molecule has 0 spiro atoms. The fraction of sp³-hybridized carbons (Fsp3) is 0.131. The van der Waals surface area contributed by atoms with Gasteiger partial charge in [0.25, 0.3) is 0 Å². The number of benzene rings is 12. The molecule has 0 saturated carbocycles. The van der Waals surface area contributed by atoms with Gasteiger partial charge in [-0.2, -0.15) is 0 Å². The molecule has 11 heteroatoms. The van der Waals surface area contributed by atoms with Crippen LogP contribution in [0.3, 0.4) is 0 Å². The summed E-state index contributed by atoms with van der Waals surface area (Å²) in [5, 5.41) is 2.39. The Hall–Kier alpha value is -10.9. The number of rotatable bonds is 12. The van der Waals surface area contributed by atoms with E-state index in [0.717, 1.165) is 73.0 Å². The van der Waals surface area contributed by atoms with E-state index in [0.29, 0.717) is 11.6 Å². The van der Waals surface area contributed by atoms with Crippen LogP contribution in [0.5, 0.6) is 0 Å². The maximum atomic E-state index is 4.95. The molecule has 0 aliphatic rings. The molecule has 0 saturated heterocycles. The summed E-state index contributed by atoms with van der Waals surface area (Å²) in [6.07, 6.45) is 9.08. The number of pyridine rings is 3. The van der Waals surface area contributed by atoms with Crippen LogP contribution in [0, 0.1) is 38.1 Å². The molecule has 5 heterocycles. The van der Waals surface area contributed by atoms with Gasteiger partial charge in [-0.1, -0.05) is 262 Å². The quantitative estimate of drug-likeness (QED) is 0.113. The Bertz CT molecular complexity index is 5940. The molecule has 0 aliphatic heterocycles. The van der Waals surface area contributed by atoms with Crippen molar-refractivity contribution in [3.05, 3.63) is 405 Å². The first kappa shape index (κ1) is 89.5. The first-order chi connectivity index (χ1) is 55.2. The van der Waals surface area contributed by atoms with Gasteiger partial charge in [0.2, 0.25) is 0 Å². The fourth-order valence-corrected chi connectivity index (χ4v) is 13.6. The van der Waals surface area contributed by atoms with Gasteiger partial charge in [0.1, 0.15) is 0 Å². The molecule has 0 fully saturated rings. The molecule has 17 aromatic rings. The number of hydrogen-bond acceptors (Lipinski definition) is 7. The Morgan fingerprint density at radius 1 is 0.263 bits per heavy atom. The van der Waals surface area contributed by atoms with Crippen molar-refractivity contribution in [1.82, 2.24) is 34.9 Å². The molecule has 5 aromatic heterocycles. The van der Waals surface area contributed by atoms with Crippen LogP contribution in [-0.2, 0) is 96.7 Å². The summed E-state index contributed by atoms with van der Waals surface area (Å²) < 4.78 is 0. The van der Waals surface area contributed by atoms with Gasteiger partial charge in [-0.3, -0.25) is 9.97 Å². The molecule has 594 valence electrons. The zero-order chi connectivity index (χ0) is 79.2. The summed E-state index contributed by atoms with van der Waals surface area (Å²) in [7, 11) is 0. The Morgan fingerprint density at radius 3 is 1.25 bits per heavy atom. The molecular formula is C107H91Ir4N7-4. The molecule has 17 rings (SSSR count). The Kier molecular flexibility index (Phi) is 31.1. The Balaban J connectivity index is 0.000000170. The van der Waals surface area contributed by atoms with Gasteiger partial charge < -0.3 is 15.0 Å². The number of fused-ring (bicyclic) bond motifs is 1. The zero-order valence-electron chi connectivity index (χ0n) is 68.0. The monoisotopic (exact) mass is 2250 g/mol. The minimum Gasteiger partial charge on any atom is -0.305 e. The van der Waals surface area contributed by atoms with Crippen molar-refractivity contribution in [3.8, 4) is 135 Å². The van der Waals surface area contributed by atoms with E-state index in [-0.39, 0.29) is 96.7 Å². The van der Waals surface area contributed by atoms with Crippen LogP contribution in [0.25, 0.3) is 145 Å². The Morgan fingerprint density at radius 2 is 0.729 bits per heavy atom. The van der Waals surface area contributed by atoms with Gasteiger partial charge in [0, 0.05) is 123 Å². The number of aryl methyl sites for hydroxylation is 2.